The molecule has 0 fully saturated rings. The SMILES string of the molecule is C/C(=N/NC(=O)c1cc2c(s1)CCCCC2)c1cccc(N)c1. The van der Waals surface area contributed by atoms with Crippen LogP contribution in [0.15, 0.2) is 35.4 Å². The second-order valence-electron chi connectivity index (χ2n) is 5.88. The normalized spacial score (nSPS) is 14.9. The van der Waals surface area contributed by atoms with E-state index in [1.165, 1.54) is 29.7 Å². The van der Waals surface area contributed by atoms with E-state index < -0.39 is 0 Å². The molecule has 0 atom stereocenters. The molecule has 0 spiro atoms. The van der Waals surface area contributed by atoms with Crippen LogP contribution in [0.2, 0.25) is 0 Å². The molecule has 23 heavy (non-hydrogen) atoms. The summed E-state index contributed by atoms with van der Waals surface area (Å²) in [6.07, 6.45) is 5.91. The van der Waals surface area contributed by atoms with Crippen LogP contribution in [0, 0.1) is 0 Å². The number of thiophene rings is 1. The highest BCUT2D eigenvalue weighted by Crippen LogP contribution is 2.28. The zero-order valence-corrected chi connectivity index (χ0v) is 14.1. The molecule has 0 saturated heterocycles. The molecular formula is C18H21N3OS. The van der Waals surface area contributed by atoms with Crippen molar-refractivity contribution in [3.63, 3.8) is 0 Å². The first-order valence-corrected chi connectivity index (χ1v) is 8.77. The Labute approximate surface area is 140 Å². The first kappa shape index (κ1) is 15.7. The standard InChI is InChI=1S/C18H21N3OS/c1-12(13-7-5-8-15(19)10-13)20-21-18(22)17-11-14-6-3-2-4-9-16(14)23-17/h5,7-8,10-11H,2-4,6,9,19H2,1H3,(H,21,22)/b20-12-. The summed E-state index contributed by atoms with van der Waals surface area (Å²) in [5.41, 5.74) is 12.1. The molecule has 2 aromatic rings. The number of carbonyl (C=O) groups excluding carboxylic acids is 1. The molecule has 0 unspecified atom stereocenters. The number of carbonyl (C=O) groups is 1. The smallest absolute Gasteiger partial charge is 0.281 e. The zero-order chi connectivity index (χ0) is 16.2. The van der Waals surface area contributed by atoms with Gasteiger partial charge >= 0.3 is 0 Å². The number of benzene rings is 1. The first-order chi connectivity index (χ1) is 11.1. The molecule has 4 nitrogen and oxygen atoms in total. The third-order valence-corrected chi connectivity index (χ3v) is 5.34. The van der Waals surface area contributed by atoms with Crippen LogP contribution in [0.5, 0.6) is 0 Å². The highest BCUT2D eigenvalue weighted by atomic mass is 32.1. The van der Waals surface area contributed by atoms with E-state index in [0.717, 1.165) is 29.0 Å². The van der Waals surface area contributed by atoms with Crippen molar-refractivity contribution in [3.8, 4) is 0 Å². The molecular weight excluding hydrogens is 306 g/mol. The Morgan fingerprint density at radius 2 is 2.04 bits per heavy atom. The highest BCUT2D eigenvalue weighted by Gasteiger charge is 2.16. The van der Waals surface area contributed by atoms with Gasteiger partial charge in [-0.15, -0.1) is 11.3 Å². The molecule has 1 aromatic heterocycles. The Balaban J connectivity index is 1.71. The third kappa shape index (κ3) is 3.79. The molecule has 0 aliphatic heterocycles. The average molecular weight is 327 g/mol. The predicted molar refractivity (Wildman–Crippen MR) is 96.1 cm³/mol. The number of rotatable bonds is 3. The third-order valence-electron chi connectivity index (χ3n) is 4.10. The van der Waals surface area contributed by atoms with E-state index in [0.29, 0.717) is 5.69 Å². The van der Waals surface area contributed by atoms with Crippen LogP contribution in [-0.2, 0) is 12.8 Å². The minimum Gasteiger partial charge on any atom is -0.399 e. The lowest BCUT2D eigenvalue weighted by Gasteiger charge is -2.03. The van der Waals surface area contributed by atoms with Crippen LogP contribution in [-0.4, -0.2) is 11.6 Å². The summed E-state index contributed by atoms with van der Waals surface area (Å²) in [4.78, 5) is 14.4. The Morgan fingerprint density at radius 1 is 1.22 bits per heavy atom. The molecule has 0 bridgehead atoms. The summed E-state index contributed by atoms with van der Waals surface area (Å²) in [7, 11) is 0. The van der Waals surface area contributed by atoms with Crippen LogP contribution in [0.3, 0.4) is 0 Å². The van der Waals surface area contributed by atoms with Crippen LogP contribution in [0.1, 0.15) is 51.9 Å². The zero-order valence-electron chi connectivity index (χ0n) is 13.3. The summed E-state index contributed by atoms with van der Waals surface area (Å²) in [5.74, 6) is -0.133. The summed E-state index contributed by atoms with van der Waals surface area (Å²) in [6, 6.07) is 9.51. The number of hydrazone groups is 1. The number of nitrogens with one attached hydrogen (secondary N) is 1. The number of anilines is 1. The van der Waals surface area contributed by atoms with Crippen LogP contribution >= 0.6 is 11.3 Å². The van der Waals surface area contributed by atoms with Crippen molar-refractivity contribution in [3.05, 3.63) is 51.2 Å². The van der Waals surface area contributed by atoms with Gasteiger partial charge < -0.3 is 5.73 Å². The molecule has 1 heterocycles. The Morgan fingerprint density at radius 3 is 2.87 bits per heavy atom. The molecule has 0 saturated carbocycles. The maximum absolute atomic E-state index is 12.3. The molecule has 1 aromatic carbocycles. The van der Waals surface area contributed by atoms with Gasteiger partial charge in [0.25, 0.3) is 5.91 Å². The fourth-order valence-corrected chi connectivity index (χ4v) is 3.94. The molecule has 1 amide bonds. The van der Waals surface area contributed by atoms with Gasteiger partial charge in [0.15, 0.2) is 0 Å². The summed E-state index contributed by atoms with van der Waals surface area (Å²) >= 11 is 1.61. The minimum absolute atomic E-state index is 0.133. The summed E-state index contributed by atoms with van der Waals surface area (Å²) < 4.78 is 0. The van der Waals surface area contributed by atoms with E-state index in [2.05, 4.69) is 10.5 Å². The van der Waals surface area contributed by atoms with E-state index in [1.54, 1.807) is 11.3 Å². The van der Waals surface area contributed by atoms with Gasteiger partial charge in [-0.05, 0) is 61.9 Å². The molecule has 1 aliphatic rings. The summed E-state index contributed by atoms with van der Waals surface area (Å²) in [6.45, 7) is 1.86. The van der Waals surface area contributed by atoms with Crippen molar-refractivity contribution >= 4 is 28.6 Å². The van der Waals surface area contributed by atoms with E-state index in [9.17, 15) is 4.79 Å². The van der Waals surface area contributed by atoms with Gasteiger partial charge in [0, 0.05) is 10.6 Å². The van der Waals surface area contributed by atoms with E-state index in [-0.39, 0.29) is 5.91 Å². The maximum Gasteiger partial charge on any atom is 0.281 e. The van der Waals surface area contributed by atoms with Gasteiger partial charge in [-0.2, -0.15) is 5.10 Å². The topological polar surface area (TPSA) is 67.5 Å². The molecule has 5 heteroatoms. The number of fused-ring (bicyclic) bond motifs is 1. The number of hydrogen-bond acceptors (Lipinski definition) is 4. The lowest BCUT2D eigenvalue weighted by atomic mass is 10.1. The Hall–Kier alpha value is -2.14. The van der Waals surface area contributed by atoms with Crippen molar-refractivity contribution in [1.82, 2.24) is 5.43 Å². The lowest BCUT2D eigenvalue weighted by molar-refractivity contribution is 0.0959. The number of amides is 1. The van der Waals surface area contributed by atoms with Gasteiger partial charge in [0.1, 0.15) is 0 Å². The van der Waals surface area contributed by atoms with Crippen molar-refractivity contribution in [2.75, 3.05) is 5.73 Å². The predicted octanol–water partition coefficient (Wildman–Crippen LogP) is 3.75. The van der Waals surface area contributed by atoms with Gasteiger partial charge in [-0.25, -0.2) is 5.43 Å². The number of aryl methyl sites for hydroxylation is 2. The minimum atomic E-state index is -0.133. The van der Waals surface area contributed by atoms with Crippen LogP contribution in [0.4, 0.5) is 5.69 Å². The first-order valence-electron chi connectivity index (χ1n) is 7.95. The molecule has 3 rings (SSSR count). The number of nitrogens with zero attached hydrogens (tertiary/aromatic N) is 1. The van der Waals surface area contributed by atoms with Crippen LogP contribution in [0.25, 0.3) is 0 Å². The Bertz CT molecular complexity index is 725. The van der Waals surface area contributed by atoms with E-state index in [1.807, 2.05) is 37.3 Å². The fraction of sp³-hybridized carbons (Fsp3) is 0.333. The van der Waals surface area contributed by atoms with E-state index in [4.69, 9.17) is 5.73 Å². The molecule has 120 valence electrons. The Kier molecular flexibility index (Phi) is 4.76. The quantitative estimate of drug-likeness (QED) is 0.390. The van der Waals surface area contributed by atoms with Crippen molar-refractivity contribution in [1.29, 1.82) is 0 Å². The second kappa shape index (κ2) is 6.96. The van der Waals surface area contributed by atoms with E-state index >= 15 is 0 Å². The van der Waals surface area contributed by atoms with Crippen molar-refractivity contribution < 1.29 is 4.79 Å². The van der Waals surface area contributed by atoms with Gasteiger partial charge in [-0.1, -0.05) is 18.6 Å². The molecule has 3 N–H and O–H groups in total. The van der Waals surface area contributed by atoms with Gasteiger partial charge in [-0.3, -0.25) is 4.79 Å². The van der Waals surface area contributed by atoms with Gasteiger partial charge in [0.05, 0.1) is 10.6 Å². The highest BCUT2D eigenvalue weighted by molar-refractivity contribution is 7.14. The molecule has 0 radical (unpaired) electrons. The number of nitrogens with two attached hydrogens (primary N) is 1. The van der Waals surface area contributed by atoms with Crippen molar-refractivity contribution in [2.24, 2.45) is 5.10 Å². The second-order valence-corrected chi connectivity index (χ2v) is 7.02. The van der Waals surface area contributed by atoms with Crippen molar-refractivity contribution in [2.45, 2.75) is 39.0 Å². The van der Waals surface area contributed by atoms with Gasteiger partial charge in [0.2, 0.25) is 0 Å². The monoisotopic (exact) mass is 327 g/mol. The number of nitrogen functional groups attached to an aromatic ring is 1. The molecule has 1 aliphatic carbocycles. The average Bonchev–Trinajstić information content (AvgIpc) is 2.83. The lowest BCUT2D eigenvalue weighted by Crippen LogP contribution is -2.18. The summed E-state index contributed by atoms with van der Waals surface area (Å²) in [5, 5.41) is 4.20. The fourth-order valence-electron chi connectivity index (χ4n) is 2.80. The number of hydrogen-bond donors (Lipinski definition) is 2. The largest absolute Gasteiger partial charge is 0.399 e. The maximum atomic E-state index is 12.3. The van der Waals surface area contributed by atoms with Crippen LogP contribution < -0.4 is 11.2 Å².